The predicted molar refractivity (Wildman–Crippen MR) is 102 cm³/mol. The van der Waals surface area contributed by atoms with Crippen LogP contribution in [0, 0.1) is 0 Å². The topological polar surface area (TPSA) is 49.6 Å². The summed E-state index contributed by atoms with van der Waals surface area (Å²) in [5.41, 5.74) is 2.58. The van der Waals surface area contributed by atoms with E-state index >= 15 is 0 Å². The van der Waals surface area contributed by atoms with Crippen LogP contribution in [-0.4, -0.2) is 53.4 Å². The molecule has 1 aliphatic heterocycles. The highest BCUT2D eigenvalue weighted by Gasteiger charge is 2.24. The third-order valence-electron chi connectivity index (χ3n) is 4.63. The Bertz CT molecular complexity index is 876. The second kappa shape index (κ2) is 7.54. The maximum atomic E-state index is 12.6. The standard InChI is InChI=1S/C21H21N3O2/c25-21(20-16-18-19(26-20)9-4-10-22-18)24-14-12-23(13-15-24)11-5-8-17-6-2-1-3-7-17/h1-10,16H,11-15H2/b8-5+. The number of benzene rings is 1. The number of hydrogen-bond donors (Lipinski definition) is 0. The maximum Gasteiger partial charge on any atom is 0.289 e. The maximum absolute atomic E-state index is 12.6. The Balaban J connectivity index is 1.31. The van der Waals surface area contributed by atoms with Gasteiger partial charge in [0.2, 0.25) is 0 Å². The van der Waals surface area contributed by atoms with Crippen LogP contribution in [0.2, 0.25) is 0 Å². The van der Waals surface area contributed by atoms with Crippen LogP contribution >= 0.6 is 0 Å². The molecule has 0 aliphatic carbocycles. The van der Waals surface area contributed by atoms with Crippen molar-refractivity contribution in [2.75, 3.05) is 32.7 Å². The molecule has 0 atom stereocenters. The fraction of sp³-hybridized carbons (Fsp3) is 0.238. The van der Waals surface area contributed by atoms with Gasteiger partial charge in [-0.3, -0.25) is 14.7 Å². The molecule has 1 aliphatic rings. The van der Waals surface area contributed by atoms with Crippen LogP contribution in [0.4, 0.5) is 0 Å². The molecular formula is C21H21N3O2. The van der Waals surface area contributed by atoms with Gasteiger partial charge in [0, 0.05) is 45.0 Å². The van der Waals surface area contributed by atoms with Gasteiger partial charge < -0.3 is 9.32 Å². The van der Waals surface area contributed by atoms with E-state index in [0.717, 1.165) is 25.2 Å². The van der Waals surface area contributed by atoms with E-state index in [1.807, 2.05) is 35.2 Å². The minimum absolute atomic E-state index is 0.0533. The second-order valence-electron chi connectivity index (χ2n) is 6.40. The molecule has 0 saturated carbocycles. The van der Waals surface area contributed by atoms with Crippen LogP contribution in [0.1, 0.15) is 16.1 Å². The third-order valence-corrected chi connectivity index (χ3v) is 4.63. The molecule has 3 aromatic rings. The largest absolute Gasteiger partial charge is 0.449 e. The first kappa shape index (κ1) is 16.5. The van der Waals surface area contributed by atoms with Crippen molar-refractivity contribution in [1.82, 2.24) is 14.8 Å². The SMILES string of the molecule is O=C(c1cc2ncccc2o1)N1CCN(C/C=C/c2ccccc2)CC1. The molecule has 4 rings (SSSR count). The lowest BCUT2D eigenvalue weighted by Gasteiger charge is -2.33. The van der Waals surface area contributed by atoms with Gasteiger partial charge in [-0.25, -0.2) is 0 Å². The number of amides is 1. The summed E-state index contributed by atoms with van der Waals surface area (Å²) in [6, 6.07) is 15.6. The Labute approximate surface area is 152 Å². The van der Waals surface area contributed by atoms with Gasteiger partial charge in [0.1, 0.15) is 5.52 Å². The first-order chi connectivity index (χ1) is 12.8. The average Bonchev–Trinajstić information content (AvgIpc) is 3.13. The Morgan fingerprint density at radius 1 is 1.08 bits per heavy atom. The fourth-order valence-corrected chi connectivity index (χ4v) is 3.17. The molecule has 1 amide bonds. The Kier molecular flexibility index (Phi) is 4.80. The summed E-state index contributed by atoms with van der Waals surface area (Å²) >= 11 is 0. The molecule has 0 unspecified atom stereocenters. The Hall–Kier alpha value is -2.92. The number of rotatable bonds is 4. The Morgan fingerprint density at radius 2 is 1.88 bits per heavy atom. The summed E-state index contributed by atoms with van der Waals surface area (Å²) in [7, 11) is 0. The predicted octanol–water partition coefficient (Wildman–Crippen LogP) is 3.30. The first-order valence-electron chi connectivity index (χ1n) is 8.87. The number of nitrogens with zero attached hydrogens (tertiary/aromatic N) is 3. The van der Waals surface area contributed by atoms with Gasteiger partial charge in [0.05, 0.1) is 0 Å². The summed E-state index contributed by atoms with van der Waals surface area (Å²) in [5, 5.41) is 0. The van der Waals surface area contributed by atoms with Crippen LogP contribution in [0.25, 0.3) is 17.2 Å². The molecule has 1 aromatic carbocycles. The van der Waals surface area contributed by atoms with Gasteiger partial charge in [0.25, 0.3) is 5.91 Å². The summed E-state index contributed by atoms with van der Waals surface area (Å²) in [6.45, 7) is 4.04. The van der Waals surface area contributed by atoms with Crippen LogP contribution in [0.5, 0.6) is 0 Å². The number of pyridine rings is 1. The minimum atomic E-state index is -0.0533. The zero-order valence-electron chi connectivity index (χ0n) is 14.5. The molecule has 2 aromatic heterocycles. The van der Waals surface area contributed by atoms with Gasteiger partial charge in [-0.05, 0) is 17.7 Å². The first-order valence-corrected chi connectivity index (χ1v) is 8.87. The number of furan rings is 1. The van der Waals surface area contributed by atoms with Crippen LogP contribution in [-0.2, 0) is 0 Å². The van der Waals surface area contributed by atoms with Crippen molar-refractivity contribution < 1.29 is 9.21 Å². The molecule has 132 valence electrons. The lowest BCUT2D eigenvalue weighted by atomic mass is 10.2. The molecule has 0 spiro atoms. The average molecular weight is 347 g/mol. The molecule has 1 saturated heterocycles. The van der Waals surface area contributed by atoms with Crippen LogP contribution in [0.3, 0.4) is 0 Å². The minimum Gasteiger partial charge on any atom is -0.449 e. The van der Waals surface area contributed by atoms with Crippen LogP contribution in [0.15, 0.2) is 65.2 Å². The molecule has 5 nitrogen and oxygen atoms in total. The van der Waals surface area contributed by atoms with E-state index < -0.39 is 0 Å². The van der Waals surface area contributed by atoms with E-state index in [4.69, 9.17) is 4.42 Å². The highest BCUT2D eigenvalue weighted by molar-refractivity contribution is 5.95. The number of fused-ring (bicyclic) bond motifs is 1. The van der Waals surface area contributed by atoms with E-state index in [1.54, 1.807) is 12.3 Å². The van der Waals surface area contributed by atoms with E-state index in [-0.39, 0.29) is 5.91 Å². The molecule has 26 heavy (non-hydrogen) atoms. The second-order valence-corrected chi connectivity index (χ2v) is 6.40. The van der Waals surface area contributed by atoms with Gasteiger partial charge >= 0.3 is 0 Å². The van der Waals surface area contributed by atoms with E-state index in [1.165, 1.54) is 5.56 Å². The summed E-state index contributed by atoms with van der Waals surface area (Å²) in [5.74, 6) is 0.318. The zero-order chi connectivity index (χ0) is 17.8. The lowest BCUT2D eigenvalue weighted by Crippen LogP contribution is -2.48. The lowest BCUT2D eigenvalue weighted by molar-refractivity contribution is 0.0621. The highest BCUT2D eigenvalue weighted by atomic mass is 16.3. The monoisotopic (exact) mass is 347 g/mol. The number of hydrogen-bond acceptors (Lipinski definition) is 4. The van der Waals surface area contributed by atoms with E-state index in [0.29, 0.717) is 24.4 Å². The summed E-state index contributed by atoms with van der Waals surface area (Å²) < 4.78 is 5.65. The van der Waals surface area contributed by atoms with Crippen molar-refractivity contribution in [3.8, 4) is 0 Å². The number of carbonyl (C=O) groups is 1. The van der Waals surface area contributed by atoms with Crippen molar-refractivity contribution >= 4 is 23.1 Å². The van der Waals surface area contributed by atoms with Gasteiger partial charge in [-0.15, -0.1) is 0 Å². The smallest absolute Gasteiger partial charge is 0.289 e. The number of carbonyl (C=O) groups excluding carboxylic acids is 1. The van der Waals surface area contributed by atoms with Crippen molar-refractivity contribution in [1.29, 1.82) is 0 Å². The van der Waals surface area contributed by atoms with E-state index in [9.17, 15) is 4.79 Å². The van der Waals surface area contributed by atoms with E-state index in [2.05, 4.69) is 34.2 Å². The van der Waals surface area contributed by atoms with Crippen molar-refractivity contribution in [2.24, 2.45) is 0 Å². The van der Waals surface area contributed by atoms with Gasteiger partial charge in [0.15, 0.2) is 11.3 Å². The molecule has 1 fully saturated rings. The highest BCUT2D eigenvalue weighted by Crippen LogP contribution is 2.18. The normalized spacial score (nSPS) is 15.8. The van der Waals surface area contributed by atoms with Gasteiger partial charge in [-0.2, -0.15) is 0 Å². The van der Waals surface area contributed by atoms with Crippen molar-refractivity contribution in [3.63, 3.8) is 0 Å². The molecule has 0 radical (unpaired) electrons. The molecule has 0 bridgehead atoms. The van der Waals surface area contributed by atoms with Crippen molar-refractivity contribution in [3.05, 3.63) is 72.1 Å². The molecule has 3 heterocycles. The van der Waals surface area contributed by atoms with Crippen LogP contribution < -0.4 is 0 Å². The number of piperazine rings is 1. The summed E-state index contributed by atoms with van der Waals surface area (Å²) in [4.78, 5) is 21.1. The third kappa shape index (κ3) is 3.68. The molecule has 5 heteroatoms. The fourth-order valence-electron chi connectivity index (χ4n) is 3.17. The Morgan fingerprint density at radius 3 is 2.65 bits per heavy atom. The summed E-state index contributed by atoms with van der Waals surface area (Å²) in [6.07, 6.45) is 6.02. The quantitative estimate of drug-likeness (QED) is 0.727. The molecular weight excluding hydrogens is 326 g/mol. The van der Waals surface area contributed by atoms with Gasteiger partial charge in [-0.1, -0.05) is 42.5 Å². The number of aromatic nitrogens is 1. The zero-order valence-corrected chi connectivity index (χ0v) is 14.5. The van der Waals surface area contributed by atoms with Crippen molar-refractivity contribution in [2.45, 2.75) is 0 Å². The molecule has 0 N–H and O–H groups in total.